The Kier molecular flexibility index (Phi) is 6.32. The summed E-state index contributed by atoms with van der Waals surface area (Å²) in [5, 5.41) is 12.2. The van der Waals surface area contributed by atoms with E-state index in [9.17, 15) is 4.79 Å². The Morgan fingerprint density at radius 3 is 2.83 bits per heavy atom. The highest BCUT2D eigenvalue weighted by Gasteiger charge is 2.08. The minimum Gasteiger partial charge on any atom is -0.465 e. The van der Waals surface area contributed by atoms with Crippen LogP contribution in [-0.4, -0.2) is 31.3 Å². The van der Waals surface area contributed by atoms with Gasteiger partial charge in [-0.2, -0.15) is 0 Å². The normalized spacial score (nSPS) is 12.2. The van der Waals surface area contributed by atoms with E-state index >= 15 is 0 Å². The molecule has 0 aliphatic carbocycles. The molecule has 1 atom stereocenters. The number of carbonyl (C=O) groups is 1. The molecule has 18 heavy (non-hydrogen) atoms. The van der Waals surface area contributed by atoms with E-state index in [2.05, 4.69) is 26.0 Å². The van der Waals surface area contributed by atoms with Crippen molar-refractivity contribution in [2.24, 2.45) is 5.92 Å². The van der Waals surface area contributed by atoms with Gasteiger partial charge in [-0.1, -0.05) is 28.9 Å². The molecule has 0 amide bonds. The molecule has 0 aliphatic rings. The third-order valence-electron chi connectivity index (χ3n) is 2.59. The third kappa shape index (κ3) is 4.40. The number of aliphatic hydroxyl groups excluding tert-OH is 1. The van der Waals surface area contributed by atoms with E-state index in [-0.39, 0.29) is 18.5 Å². The van der Waals surface area contributed by atoms with Gasteiger partial charge in [0, 0.05) is 24.2 Å². The Morgan fingerprint density at radius 2 is 2.28 bits per heavy atom. The molecule has 0 saturated heterocycles. The molecule has 0 saturated carbocycles. The number of carbonyl (C=O) groups excluding carboxylic acids is 1. The highest BCUT2D eigenvalue weighted by atomic mass is 79.9. The third-order valence-corrected chi connectivity index (χ3v) is 3.33. The first-order chi connectivity index (χ1) is 8.58. The van der Waals surface area contributed by atoms with Crippen LogP contribution in [0.1, 0.15) is 22.8 Å². The van der Waals surface area contributed by atoms with Crippen molar-refractivity contribution in [2.75, 3.05) is 20.3 Å². The largest absolute Gasteiger partial charge is 0.465 e. The summed E-state index contributed by atoms with van der Waals surface area (Å²) in [6.45, 7) is 3.59. The first kappa shape index (κ1) is 15.1. The van der Waals surface area contributed by atoms with Crippen LogP contribution in [0.2, 0.25) is 0 Å². The molecule has 2 N–H and O–H groups in total. The molecule has 0 radical (unpaired) electrons. The van der Waals surface area contributed by atoms with Crippen molar-refractivity contribution in [3.8, 4) is 0 Å². The number of aliphatic hydroxyl groups is 1. The van der Waals surface area contributed by atoms with Crippen molar-refractivity contribution in [3.63, 3.8) is 0 Å². The van der Waals surface area contributed by atoms with Gasteiger partial charge in [0.25, 0.3) is 0 Å². The van der Waals surface area contributed by atoms with E-state index in [0.717, 1.165) is 16.6 Å². The van der Waals surface area contributed by atoms with Crippen molar-refractivity contribution in [3.05, 3.63) is 33.8 Å². The number of ether oxygens (including phenoxy) is 1. The highest BCUT2D eigenvalue weighted by molar-refractivity contribution is 9.10. The lowest BCUT2D eigenvalue weighted by atomic mass is 10.1. The number of nitrogens with one attached hydrogen (secondary N) is 1. The monoisotopic (exact) mass is 315 g/mol. The van der Waals surface area contributed by atoms with Gasteiger partial charge in [-0.15, -0.1) is 0 Å². The predicted molar refractivity (Wildman–Crippen MR) is 73.4 cm³/mol. The summed E-state index contributed by atoms with van der Waals surface area (Å²) in [5.74, 6) is -0.109. The Labute approximate surface area is 115 Å². The van der Waals surface area contributed by atoms with Crippen LogP contribution in [0.4, 0.5) is 0 Å². The zero-order chi connectivity index (χ0) is 13.5. The van der Waals surface area contributed by atoms with Crippen LogP contribution in [0.5, 0.6) is 0 Å². The molecule has 0 bridgehead atoms. The predicted octanol–water partition coefficient (Wildman–Crippen LogP) is 1.95. The van der Waals surface area contributed by atoms with Crippen molar-refractivity contribution in [1.82, 2.24) is 5.32 Å². The summed E-state index contributed by atoms with van der Waals surface area (Å²) >= 11 is 3.43. The summed E-state index contributed by atoms with van der Waals surface area (Å²) in [6, 6.07) is 5.37. The molecule has 1 aromatic rings. The topological polar surface area (TPSA) is 58.6 Å². The van der Waals surface area contributed by atoms with E-state index in [1.165, 1.54) is 7.11 Å². The van der Waals surface area contributed by atoms with Gasteiger partial charge in [-0.3, -0.25) is 0 Å². The first-order valence-corrected chi connectivity index (χ1v) is 6.56. The molecule has 5 heteroatoms. The average Bonchev–Trinajstić information content (AvgIpc) is 2.39. The van der Waals surface area contributed by atoms with Crippen molar-refractivity contribution >= 4 is 21.9 Å². The fraction of sp³-hybridized carbons (Fsp3) is 0.462. The minimum atomic E-state index is -0.343. The zero-order valence-corrected chi connectivity index (χ0v) is 12.2. The minimum absolute atomic E-state index is 0.176. The standard InChI is InChI=1S/C13H18BrNO3/c1-9(8-16)6-15-7-11-4-3-10(5-12(11)14)13(17)18-2/h3-5,9,15-16H,6-8H2,1-2H3. The van der Waals surface area contributed by atoms with Gasteiger partial charge < -0.3 is 15.2 Å². The molecule has 0 spiro atoms. The number of benzene rings is 1. The molecule has 0 heterocycles. The molecule has 4 nitrogen and oxygen atoms in total. The maximum absolute atomic E-state index is 11.3. The van der Waals surface area contributed by atoms with E-state index in [1.807, 2.05) is 13.0 Å². The lowest BCUT2D eigenvalue weighted by molar-refractivity contribution is 0.0600. The summed E-state index contributed by atoms with van der Waals surface area (Å²) in [5.41, 5.74) is 1.59. The van der Waals surface area contributed by atoms with Crippen LogP contribution < -0.4 is 5.32 Å². The number of hydrogen-bond acceptors (Lipinski definition) is 4. The van der Waals surface area contributed by atoms with Gasteiger partial charge in [-0.05, 0) is 23.6 Å². The first-order valence-electron chi connectivity index (χ1n) is 5.76. The fourth-order valence-electron chi connectivity index (χ4n) is 1.45. The van der Waals surface area contributed by atoms with Crippen LogP contribution in [-0.2, 0) is 11.3 Å². The molecule has 100 valence electrons. The lowest BCUT2D eigenvalue weighted by Crippen LogP contribution is -2.22. The lowest BCUT2D eigenvalue weighted by Gasteiger charge is -2.11. The fourth-order valence-corrected chi connectivity index (χ4v) is 1.97. The Hall–Kier alpha value is -0.910. The van der Waals surface area contributed by atoms with Crippen LogP contribution in [0.3, 0.4) is 0 Å². The Morgan fingerprint density at radius 1 is 1.56 bits per heavy atom. The summed E-state index contributed by atoms with van der Waals surface area (Å²) in [4.78, 5) is 11.3. The van der Waals surface area contributed by atoms with E-state index in [4.69, 9.17) is 5.11 Å². The van der Waals surface area contributed by atoms with Gasteiger partial charge in [0.2, 0.25) is 0 Å². The number of rotatable bonds is 6. The summed E-state index contributed by atoms with van der Waals surface area (Å²) < 4.78 is 5.53. The van der Waals surface area contributed by atoms with Gasteiger partial charge in [0.05, 0.1) is 12.7 Å². The quantitative estimate of drug-likeness (QED) is 0.788. The van der Waals surface area contributed by atoms with Crippen LogP contribution in [0, 0.1) is 5.92 Å². The molecule has 0 aliphatic heterocycles. The smallest absolute Gasteiger partial charge is 0.337 e. The average molecular weight is 316 g/mol. The van der Waals surface area contributed by atoms with Crippen LogP contribution in [0.15, 0.2) is 22.7 Å². The maximum atomic E-state index is 11.3. The van der Waals surface area contributed by atoms with Crippen molar-refractivity contribution in [2.45, 2.75) is 13.5 Å². The van der Waals surface area contributed by atoms with Crippen LogP contribution in [0.25, 0.3) is 0 Å². The Balaban J connectivity index is 2.60. The molecular formula is C13H18BrNO3. The molecule has 1 rings (SSSR count). The second kappa shape index (κ2) is 7.51. The molecule has 1 unspecified atom stereocenters. The molecule has 1 aromatic carbocycles. The number of esters is 1. The SMILES string of the molecule is COC(=O)c1ccc(CNCC(C)CO)c(Br)c1. The number of methoxy groups -OCH3 is 1. The van der Waals surface area contributed by atoms with E-state index in [0.29, 0.717) is 12.1 Å². The highest BCUT2D eigenvalue weighted by Crippen LogP contribution is 2.19. The van der Waals surface area contributed by atoms with Gasteiger partial charge in [0.15, 0.2) is 0 Å². The maximum Gasteiger partial charge on any atom is 0.337 e. The number of hydrogen-bond donors (Lipinski definition) is 2. The van der Waals surface area contributed by atoms with Crippen LogP contribution >= 0.6 is 15.9 Å². The molecule has 0 fully saturated rings. The molecule has 0 aromatic heterocycles. The second-order valence-electron chi connectivity index (χ2n) is 4.22. The van der Waals surface area contributed by atoms with E-state index in [1.54, 1.807) is 12.1 Å². The summed E-state index contributed by atoms with van der Waals surface area (Å²) in [6.07, 6.45) is 0. The van der Waals surface area contributed by atoms with E-state index < -0.39 is 0 Å². The zero-order valence-electron chi connectivity index (χ0n) is 10.6. The van der Waals surface area contributed by atoms with Crippen molar-refractivity contribution < 1.29 is 14.6 Å². The summed E-state index contributed by atoms with van der Waals surface area (Å²) in [7, 11) is 1.36. The number of halogens is 1. The van der Waals surface area contributed by atoms with Gasteiger partial charge in [-0.25, -0.2) is 4.79 Å². The van der Waals surface area contributed by atoms with Gasteiger partial charge in [0.1, 0.15) is 0 Å². The second-order valence-corrected chi connectivity index (χ2v) is 5.07. The Bertz CT molecular complexity index is 409. The van der Waals surface area contributed by atoms with Crippen molar-refractivity contribution in [1.29, 1.82) is 0 Å². The van der Waals surface area contributed by atoms with Gasteiger partial charge >= 0.3 is 5.97 Å². The molecular weight excluding hydrogens is 298 g/mol.